The van der Waals surface area contributed by atoms with E-state index in [-0.39, 0.29) is 0 Å². The zero-order chi connectivity index (χ0) is 14.5. The molecular formula is C16H15NO3. The Kier molecular flexibility index (Phi) is 4.21. The van der Waals surface area contributed by atoms with Crippen molar-refractivity contribution >= 4 is 22.7 Å². The summed E-state index contributed by atoms with van der Waals surface area (Å²) in [5, 5.41) is 0.753. The molecule has 4 heteroatoms. The van der Waals surface area contributed by atoms with Gasteiger partial charge < -0.3 is 9.30 Å². The van der Waals surface area contributed by atoms with Crippen LogP contribution in [0.3, 0.4) is 0 Å². The molecule has 0 radical (unpaired) electrons. The lowest BCUT2D eigenvalue weighted by atomic mass is 10.1. The van der Waals surface area contributed by atoms with Crippen LogP contribution in [-0.4, -0.2) is 23.4 Å². The highest BCUT2D eigenvalue weighted by molar-refractivity contribution is 6.42. The average Bonchev–Trinajstić information content (AvgIpc) is 2.85. The van der Waals surface area contributed by atoms with Crippen LogP contribution in [-0.2, 0) is 16.1 Å². The Morgan fingerprint density at radius 2 is 2.10 bits per heavy atom. The number of methoxy groups -OCH3 is 1. The molecule has 0 saturated heterocycles. The number of carbonyl (C=O) groups excluding carboxylic acids is 2. The predicted molar refractivity (Wildman–Crippen MR) is 76.4 cm³/mol. The van der Waals surface area contributed by atoms with E-state index in [1.807, 2.05) is 28.8 Å². The van der Waals surface area contributed by atoms with Crippen LogP contribution in [0.25, 0.3) is 10.9 Å². The summed E-state index contributed by atoms with van der Waals surface area (Å²) < 4.78 is 6.45. The number of benzene rings is 1. The summed E-state index contributed by atoms with van der Waals surface area (Å²) in [6.07, 6.45) is 8.43. The zero-order valence-corrected chi connectivity index (χ0v) is 11.3. The average molecular weight is 269 g/mol. The number of rotatable bonds is 5. The van der Waals surface area contributed by atoms with Crippen molar-refractivity contribution in [3.8, 4) is 12.3 Å². The third-order valence-electron chi connectivity index (χ3n) is 3.12. The molecule has 0 aliphatic carbocycles. The number of ketones is 1. The standard InChI is InChI=1S/C16H15NO3/c1-3-4-7-10-17-11-13(15(18)16(19)20-2)12-8-5-6-9-14(12)17/h1,5-6,8-9,11H,4,7,10H2,2H3. The maximum atomic E-state index is 12.0. The molecule has 0 saturated carbocycles. The Morgan fingerprint density at radius 1 is 1.35 bits per heavy atom. The number of ether oxygens (including phenoxy) is 1. The lowest BCUT2D eigenvalue weighted by molar-refractivity contribution is -0.135. The molecule has 0 aliphatic rings. The first kappa shape index (κ1) is 13.9. The molecule has 0 amide bonds. The molecule has 1 aromatic heterocycles. The molecule has 20 heavy (non-hydrogen) atoms. The summed E-state index contributed by atoms with van der Waals surface area (Å²) in [7, 11) is 1.20. The number of nitrogens with zero attached hydrogens (tertiary/aromatic N) is 1. The van der Waals surface area contributed by atoms with E-state index in [2.05, 4.69) is 10.7 Å². The first-order valence-electron chi connectivity index (χ1n) is 6.33. The van der Waals surface area contributed by atoms with Gasteiger partial charge in [0.1, 0.15) is 0 Å². The Balaban J connectivity index is 2.43. The molecule has 0 unspecified atom stereocenters. The molecule has 0 aliphatic heterocycles. The van der Waals surface area contributed by atoms with Crippen LogP contribution < -0.4 is 0 Å². The van der Waals surface area contributed by atoms with Crippen molar-refractivity contribution in [2.45, 2.75) is 19.4 Å². The largest absolute Gasteiger partial charge is 0.463 e. The van der Waals surface area contributed by atoms with Crippen LogP contribution in [0.5, 0.6) is 0 Å². The van der Waals surface area contributed by atoms with E-state index in [1.165, 1.54) is 7.11 Å². The highest BCUT2D eigenvalue weighted by atomic mass is 16.5. The number of fused-ring (bicyclic) bond motifs is 1. The first-order chi connectivity index (χ1) is 9.69. The molecule has 4 nitrogen and oxygen atoms in total. The third-order valence-corrected chi connectivity index (χ3v) is 3.12. The number of esters is 1. The summed E-state index contributed by atoms with van der Waals surface area (Å²) in [5.74, 6) is 1.11. The van der Waals surface area contributed by atoms with E-state index < -0.39 is 11.8 Å². The number of Topliss-reactive ketones (excluding diaryl/α,β-unsaturated/α-hetero) is 1. The van der Waals surface area contributed by atoms with Crippen molar-refractivity contribution in [1.82, 2.24) is 4.57 Å². The number of carbonyl (C=O) groups is 2. The van der Waals surface area contributed by atoms with Crippen molar-refractivity contribution in [3.05, 3.63) is 36.0 Å². The van der Waals surface area contributed by atoms with Gasteiger partial charge in [0.2, 0.25) is 0 Å². The summed E-state index contributed by atoms with van der Waals surface area (Å²) in [5.41, 5.74) is 1.28. The van der Waals surface area contributed by atoms with E-state index in [9.17, 15) is 9.59 Å². The second-order valence-electron chi connectivity index (χ2n) is 4.38. The Hall–Kier alpha value is -2.54. The van der Waals surface area contributed by atoms with Gasteiger partial charge in [-0.15, -0.1) is 12.3 Å². The van der Waals surface area contributed by atoms with Gasteiger partial charge in [0, 0.05) is 30.1 Å². The van der Waals surface area contributed by atoms with Crippen LogP contribution in [0.1, 0.15) is 23.2 Å². The van der Waals surface area contributed by atoms with E-state index in [1.54, 1.807) is 6.20 Å². The van der Waals surface area contributed by atoms with Crippen LogP contribution in [0.15, 0.2) is 30.5 Å². The number of unbranched alkanes of at least 4 members (excludes halogenated alkanes) is 1. The van der Waals surface area contributed by atoms with Crippen LogP contribution >= 0.6 is 0 Å². The molecule has 0 atom stereocenters. The first-order valence-corrected chi connectivity index (χ1v) is 6.33. The van der Waals surface area contributed by atoms with Gasteiger partial charge in [0.15, 0.2) is 0 Å². The fraction of sp³-hybridized carbons (Fsp3) is 0.250. The predicted octanol–water partition coefficient (Wildman–Crippen LogP) is 2.41. The monoisotopic (exact) mass is 269 g/mol. The Morgan fingerprint density at radius 3 is 2.80 bits per heavy atom. The lowest BCUT2D eigenvalue weighted by Gasteiger charge is -2.02. The van der Waals surface area contributed by atoms with Crippen molar-refractivity contribution < 1.29 is 14.3 Å². The topological polar surface area (TPSA) is 48.3 Å². The number of para-hydroxylation sites is 1. The van der Waals surface area contributed by atoms with Crippen LogP contribution in [0.2, 0.25) is 0 Å². The summed E-state index contributed by atoms with van der Waals surface area (Å²) in [4.78, 5) is 23.4. The summed E-state index contributed by atoms with van der Waals surface area (Å²) >= 11 is 0. The maximum absolute atomic E-state index is 12.0. The van der Waals surface area contributed by atoms with Crippen LogP contribution in [0.4, 0.5) is 0 Å². The number of aryl methyl sites for hydroxylation is 1. The van der Waals surface area contributed by atoms with Crippen molar-refractivity contribution in [1.29, 1.82) is 0 Å². The van der Waals surface area contributed by atoms with Gasteiger partial charge in [-0.05, 0) is 12.5 Å². The van der Waals surface area contributed by atoms with Gasteiger partial charge in [-0.2, -0.15) is 0 Å². The van der Waals surface area contributed by atoms with E-state index in [4.69, 9.17) is 6.42 Å². The molecule has 2 rings (SSSR count). The quantitative estimate of drug-likeness (QED) is 0.275. The summed E-state index contributed by atoms with van der Waals surface area (Å²) in [6.45, 7) is 0.708. The van der Waals surface area contributed by atoms with Crippen LogP contribution in [0, 0.1) is 12.3 Å². The van der Waals surface area contributed by atoms with Gasteiger partial charge in [0.25, 0.3) is 5.78 Å². The smallest absolute Gasteiger partial charge is 0.379 e. The zero-order valence-electron chi connectivity index (χ0n) is 11.3. The minimum atomic E-state index is -0.850. The van der Waals surface area contributed by atoms with Gasteiger partial charge in [0.05, 0.1) is 12.7 Å². The molecule has 1 heterocycles. The highest BCUT2D eigenvalue weighted by Gasteiger charge is 2.21. The summed E-state index contributed by atoms with van der Waals surface area (Å²) in [6, 6.07) is 7.47. The Labute approximate surface area is 117 Å². The van der Waals surface area contributed by atoms with Crippen molar-refractivity contribution in [2.75, 3.05) is 7.11 Å². The number of hydrogen-bond acceptors (Lipinski definition) is 3. The van der Waals surface area contributed by atoms with Crippen molar-refractivity contribution in [3.63, 3.8) is 0 Å². The van der Waals surface area contributed by atoms with E-state index >= 15 is 0 Å². The molecule has 0 spiro atoms. The van der Waals surface area contributed by atoms with Gasteiger partial charge in [-0.1, -0.05) is 18.2 Å². The third kappa shape index (κ3) is 2.57. The second-order valence-corrected chi connectivity index (χ2v) is 4.38. The van der Waals surface area contributed by atoms with Gasteiger partial charge >= 0.3 is 5.97 Å². The number of hydrogen-bond donors (Lipinski definition) is 0. The molecule has 0 bridgehead atoms. The maximum Gasteiger partial charge on any atom is 0.379 e. The molecule has 2 aromatic rings. The van der Waals surface area contributed by atoms with E-state index in [0.717, 1.165) is 17.3 Å². The highest BCUT2D eigenvalue weighted by Crippen LogP contribution is 2.22. The second kappa shape index (κ2) is 6.07. The van der Waals surface area contributed by atoms with E-state index in [0.29, 0.717) is 18.5 Å². The molecule has 102 valence electrons. The molecule has 0 N–H and O–H groups in total. The Bertz CT molecular complexity index is 691. The lowest BCUT2D eigenvalue weighted by Crippen LogP contribution is -2.15. The molecular weight excluding hydrogens is 254 g/mol. The fourth-order valence-electron chi connectivity index (χ4n) is 2.17. The molecule has 1 aromatic carbocycles. The molecule has 0 fully saturated rings. The minimum absolute atomic E-state index is 0.369. The van der Waals surface area contributed by atoms with Crippen molar-refractivity contribution in [2.24, 2.45) is 0 Å². The minimum Gasteiger partial charge on any atom is -0.463 e. The SMILES string of the molecule is C#CCCCn1cc(C(=O)C(=O)OC)c2ccccc21. The normalized spacial score (nSPS) is 10.2. The van der Waals surface area contributed by atoms with Gasteiger partial charge in [-0.3, -0.25) is 4.79 Å². The number of terminal acetylenes is 1. The fourth-order valence-corrected chi connectivity index (χ4v) is 2.17. The van der Waals surface area contributed by atoms with Gasteiger partial charge in [-0.25, -0.2) is 4.79 Å². The number of aromatic nitrogens is 1.